The van der Waals surface area contributed by atoms with Gasteiger partial charge in [-0.3, -0.25) is 0 Å². The van der Waals surface area contributed by atoms with Gasteiger partial charge < -0.3 is 20.1 Å². The highest BCUT2D eigenvalue weighted by molar-refractivity contribution is 7.15. The number of hydrogen-bond acceptors (Lipinski definition) is 8. The van der Waals surface area contributed by atoms with Gasteiger partial charge in [0.2, 0.25) is 5.95 Å². The molecule has 0 spiro atoms. The Hall–Kier alpha value is -3.04. The van der Waals surface area contributed by atoms with Crippen LogP contribution < -0.4 is 5.32 Å². The van der Waals surface area contributed by atoms with Crippen LogP contribution in [0, 0.1) is 6.92 Å². The van der Waals surface area contributed by atoms with Gasteiger partial charge in [0.1, 0.15) is 16.2 Å². The zero-order chi connectivity index (χ0) is 26.9. The largest absolute Gasteiger partial charge is 0.444 e. The molecule has 1 aliphatic heterocycles. The molecule has 0 radical (unpaired) electrons. The Morgan fingerprint density at radius 2 is 1.89 bits per heavy atom. The summed E-state index contributed by atoms with van der Waals surface area (Å²) in [6.45, 7) is 8.45. The molecule has 3 heterocycles. The molecule has 1 aliphatic carbocycles. The predicted molar refractivity (Wildman–Crippen MR) is 150 cm³/mol. The van der Waals surface area contributed by atoms with E-state index in [1.54, 1.807) is 11.1 Å². The smallest absolute Gasteiger partial charge is 0.410 e. The molecule has 1 amide bonds. The van der Waals surface area contributed by atoms with E-state index in [-0.39, 0.29) is 6.09 Å². The number of rotatable bonds is 5. The molecule has 0 unspecified atom stereocenters. The van der Waals surface area contributed by atoms with Crippen molar-refractivity contribution in [3.8, 4) is 21.8 Å². The quantitative estimate of drug-likeness (QED) is 0.404. The minimum Gasteiger partial charge on any atom is -0.444 e. The van der Waals surface area contributed by atoms with Crippen LogP contribution >= 0.6 is 11.3 Å². The SMILES string of the molecule is Cc1cccc(-c2nc(C3(O)CCN(C(=O)OC(C)(C)C)CC3)sc2-c2ccnc(NC3CCCC3)n2)c1. The van der Waals surface area contributed by atoms with Crippen molar-refractivity contribution < 1.29 is 14.6 Å². The van der Waals surface area contributed by atoms with Crippen molar-refractivity contribution in [2.24, 2.45) is 0 Å². The van der Waals surface area contributed by atoms with Crippen molar-refractivity contribution in [3.63, 3.8) is 0 Å². The summed E-state index contributed by atoms with van der Waals surface area (Å²) >= 11 is 1.48. The van der Waals surface area contributed by atoms with Gasteiger partial charge in [-0.15, -0.1) is 11.3 Å². The van der Waals surface area contributed by atoms with E-state index in [0.29, 0.717) is 42.9 Å². The van der Waals surface area contributed by atoms with Gasteiger partial charge in [0.25, 0.3) is 0 Å². The summed E-state index contributed by atoms with van der Waals surface area (Å²) in [5.74, 6) is 0.629. The Kier molecular flexibility index (Phi) is 7.42. The monoisotopic (exact) mass is 535 g/mol. The van der Waals surface area contributed by atoms with Crippen LogP contribution in [0.2, 0.25) is 0 Å². The molecular formula is C29H37N5O3S. The van der Waals surface area contributed by atoms with Crippen LogP contribution in [0.5, 0.6) is 0 Å². The van der Waals surface area contributed by atoms with E-state index >= 15 is 0 Å². The summed E-state index contributed by atoms with van der Waals surface area (Å²) in [5.41, 5.74) is 2.04. The van der Waals surface area contributed by atoms with Gasteiger partial charge in [-0.25, -0.2) is 19.7 Å². The van der Waals surface area contributed by atoms with Crippen LogP contribution in [0.1, 0.15) is 69.9 Å². The van der Waals surface area contributed by atoms with Crippen LogP contribution in [-0.4, -0.2) is 55.8 Å². The molecule has 2 aliphatic rings. The maximum absolute atomic E-state index is 12.6. The molecule has 0 atom stereocenters. The lowest BCUT2D eigenvalue weighted by molar-refractivity contribution is -0.0356. The lowest BCUT2D eigenvalue weighted by Gasteiger charge is -2.37. The Bertz CT molecular complexity index is 1290. The number of nitrogens with one attached hydrogen (secondary N) is 1. The number of likely N-dealkylation sites (tertiary alicyclic amines) is 1. The topological polar surface area (TPSA) is 100 Å². The summed E-state index contributed by atoms with van der Waals surface area (Å²) in [6, 6.07) is 10.6. The summed E-state index contributed by atoms with van der Waals surface area (Å²) < 4.78 is 5.53. The summed E-state index contributed by atoms with van der Waals surface area (Å²) in [6.07, 6.45) is 6.97. The number of piperidine rings is 1. The fraction of sp³-hybridized carbons (Fsp3) is 0.517. The number of thiazole rings is 1. The van der Waals surface area contributed by atoms with Crippen LogP contribution in [0.25, 0.3) is 21.8 Å². The molecule has 1 aromatic carbocycles. The molecule has 1 saturated heterocycles. The second-order valence-electron chi connectivity index (χ2n) is 11.5. The summed E-state index contributed by atoms with van der Waals surface area (Å²) in [4.78, 5) is 29.5. The van der Waals surface area contributed by atoms with E-state index < -0.39 is 11.2 Å². The lowest BCUT2D eigenvalue weighted by Crippen LogP contribution is -2.46. The number of carbonyl (C=O) groups is 1. The maximum atomic E-state index is 12.6. The predicted octanol–water partition coefficient (Wildman–Crippen LogP) is 6.15. The minimum atomic E-state index is -1.13. The molecule has 9 heteroatoms. The van der Waals surface area contributed by atoms with E-state index in [0.717, 1.165) is 40.2 Å². The highest BCUT2D eigenvalue weighted by Crippen LogP contribution is 2.43. The average molecular weight is 536 g/mol. The first-order chi connectivity index (χ1) is 18.1. The number of anilines is 1. The normalized spacial score (nSPS) is 18.0. The van der Waals surface area contributed by atoms with Crippen LogP contribution in [0.4, 0.5) is 10.7 Å². The molecule has 0 bridgehead atoms. The number of aryl methyl sites for hydroxylation is 1. The van der Waals surface area contributed by atoms with Crippen molar-refractivity contribution >= 4 is 23.4 Å². The molecule has 2 aromatic heterocycles. The zero-order valence-electron chi connectivity index (χ0n) is 22.7. The highest BCUT2D eigenvalue weighted by atomic mass is 32.1. The Balaban J connectivity index is 1.45. The number of carbonyl (C=O) groups excluding carboxylic acids is 1. The highest BCUT2D eigenvalue weighted by Gasteiger charge is 2.40. The number of amides is 1. The molecule has 8 nitrogen and oxygen atoms in total. The van der Waals surface area contributed by atoms with Gasteiger partial charge in [-0.05, 0) is 52.7 Å². The van der Waals surface area contributed by atoms with Gasteiger partial charge in [-0.1, -0.05) is 36.6 Å². The Morgan fingerprint density at radius 3 is 2.58 bits per heavy atom. The molecule has 2 N–H and O–H groups in total. The molecular weight excluding hydrogens is 498 g/mol. The van der Waals surface area contributed by atoms with Gasteiger partial charge in [-0.2, -0.15) is 0 Å². The second kappa shape index (κ2) is 10.6. The Morgan fingerprint density at radius 1 is 1.16 bits per heavy atom. The molecule has 1 saturated carbocycles. The van der Waals surface area contributed by atoms with E-state index in [1.807, 2.05) is 39.0 Å². The fourth-order valence-electron chi connectivity index (χ4n) is 5.09. The van der Waals surface area contributed by atoms with Crippen LogP contribution in [-0.2, 0) is 10.3 Å². The van der Waals surface area contributed by atoms with E-state index in [2.05, 4.69) is 29.4 Å². The van der Waals surface area contributed by atoms with Crippen molar-refractivity contribution in [2.75, 3.05) is 18.4 Å². The summed E-state index contributed by atoms with van der Waals surface area (Å²) in [5, 5.41) is 15.9. The maximum Gasteiger partial charge on any atom is 0.410 e. The molecule has 202 valence electrons. The average Bonchev–Trinajstić information content (AvgIpc) is 3.54. The molecule has 3 aromatic rings. The minimum absolute atomic E-state index is 0.344. The van der Waals surface area contributed by atoms with Gasteiger partial charge >= 0.3 is 6.09 Å². The number of aromatic nitrogens is 3. The number of benzene rings is 1. The first-order valence-corrected chi connectivity index (χ1v) is 14.3. The van der Waals surface area contributed by atoms with Crippen molar-refractivity contribution in [2.45, 2.75) is 83.5 Å². The molecule has 5 rings (SSSR count). The second-order valence-corrected chi connectivity index (χ2v) is 12.5. The number of ether oxygens (including phenoxy) is 1. The van der Waals surface area contributed by atoms with E-state index in [4.69, 9.17) is 14.7 Å². The summed E-state index contributed by atoms with van der Waals surface area (Å²) in [7, 11) is 0. The first kappa shape index (κ1) is 26.6. The molecule has 2 fully saturated rings. The first-order valence-electron chi connectivity index (χ1n) is 13.5. The standard InChI is InChI=1S/C29H37N5O3S/c1-19-8-7-9-20(18-19)23-24(22-12-15-30-26(32-22)31-21-10-5-6-11-21)38-25(33-23)29(36)13-16-34(17-14-29)27(35)37-28(2,3)4/h7-9,12,15,18,21,36H,5-6,10-11,13-14,16-17H2,1-4H3,(H,30,31,32). The number of hydrogen-bond donors (Lipinski definition) is 2. The van der Waals surface area contributed by atoms with Gasteiger partial charge in [0, 0.05) is 43.7 Å². The zero-order valence-corrected chi connectivity index (χ0v) is 23.5. The Labute approximate surface area is 228 Å². The number of nitrogens with zero attached hydrogens (tertiary/aromatic N) is 4. The van der Waals surface area contributed by atoms with Crippen molar-refractivity contribution in [1.29, 1.82) is 0 Å². The third kappa shape index (κ3) is 5.99. The van der Waals surface area contributed by atoms with Gasteiger partial charge in [0.05, 0.1) is 16.3 Å². The van der Waals surface area contributed by atoms with Gasteiger partial charge in [0.15, 0.2) is 0 Å². The van der Waals surface area contributed by atoms with Crippen LogP contribution in [0.3, 0.4) is 0 Å². The van der Waals surface area contributed by atoms with E-state index in [9.17, 15) is 9.90 Å². The molecule has 38 heavy (non-hydrogen) atoms. The third-order valence-corrected chi connectivity index (χ3v) is 8.41. The lowest BCUT2D eigenvalue weighted by atomic mass is 9.92. The van der Waals surface area contributed by atoms with E-state index in [1.165, 1.54) is 24.2 Å². The van der Waals surface area contributed by atoms with Crippen LogP contribution in [0.15, 0.2) is 36.5 Å². The fourth-order valence-corrected chi connectivity index (χ4v) is 6.29. The number of aliphatic hydroxyl groups is 1. The van der Waals surface area contributed by atoms with Crippen molar-refractivity contribution in [1.82, 2.24) is 19.9 Å². The third-order valence-electron chi connectivity index (χ3n) is 7.14. The van der Waals surface area contributed by atoms with Crippen molar-refractivity contribution in [3.05, 3.63) is 47.1 Å².